The maximum absolute atomic E-state index is 8.88. The molecule has 2 aromatic carbocycles. The molecule has 1 atom stereocenters. The molecule has 0 saturated heterocycles. The highest BCUT2D eigenvalue weighted by molar-refractivity contribution is 6.32. The van der Waals surface area contributed by atoms with Crippen molar-refractivity contribution in [1.82, 2.24) is 0 Å². The van der Waals surface area contributed by atoms with Crippen molar-refractivity contribution in [2.45, 2.75) is 13.0 Å². The van der Waals surface area contributed by atoms with Crippen molar-refractivity contribution >= 4 is 23.0 Å². The van der Waals surface area contributed by atoms with E-state index in [1.807, 2.05) is 20.2 Å². The summed E-state index contributed by atoms with van der Waals surface area (Å²) in [7, 11) is 4.05. The van der Waals surface area contributed by atoms with Crippen LogP contribution in [0.1, 0.15) is 24.1 Å². The Morgan fingerprint density at radius 2 is 1.81 bits per heavy atom. The van der Waals surface area contributed by atoms with Gasteiger partial charge in [-0.15, -0.1) is 0 Å². The van der Waals surface area contributed by atoms with Gasteiger partial charge in [0.15, 0.2) is 0 Å². The number of benzene rings is 2. The van der Waals surface area contributed by atoms with E-state index in [2.05, 4.69) is 47.5 Å². The van der Waals surface area contributed by atoms with Gasteiger partial charge in [0.05, 0.1) is 10.6 Å². The van der Waals surface area contributed by atoms with Gasteiger partial charge in [-0.3, -0.25) is 0 Å². The summed E-state index contributed by atoms with van der Waals surface area (Å²) in [5.74, 6) is 0. The summed E-state index contributed by atoms with van der Waals surface area (Å²) >= 11 is 6.05. The Labute approximate surface area is 130 Å². The first-order valence-corrected chi connectivity index (χ1v) is 7.12. The number of hydrogen-bond acceptors (Lipinski definition) is 3. The Morgan fingerprint density at radius 3 is 2.33 bits per heavy atom. The van der Waals surface area contributed by atoms with Crippen molar-refractivity contribution in [3.63, 3.8) is 0 Å². The van der Waals surface area contributed by atoms with Crippen molar-refractivity contribution in [3.05, 3.63) is 58.6 Å². The zero-order valence-electron chi connectivity index (χ0n) is 12.4. The molecule has 0 radical (unpaired) electrons. The molecular weight excluding hydrogens is 282 g/mol. The summed E-state index contributed by atoms with van der Waals surface area (Å²) in [6.45, 7) is 2.09. The Balaban J connectivity index is 2.12. The molecule has 1 unspecified atom stereocenters. The highest BCUT2D eigenvalue weighted by atomic mass is 35.5. The molecule has 0 saturated carbocycles. The largest absolute Gasteiger partial charge is 0.378 e. The summed E-state index contributed by atoms with van der Waals surface area (Å²) in [4.78, 5) is 2.07. The topological polar surface area (TPSA) is 39.1 Å². The van der Waals surface area contributed by atoms with E-state index >= 15 is 0 Å². The predicted octanol–water partition coefficient (Wildman–Crippen LogP) is 4.45. The van der Waals surface area contributed by atoms with Crippen LogP contribution in [0, 0.1) is 11.3 Å². The van der Waals surface area contributed by atoms with E-state index in [9.17, 15) is 0 Å². The summed E-state index contributed by atoms with van der Waals surface area (Å²) in [5.41, 5.74) is 3.77. The predicted molar refractivity (Wildman–Crippen MR) is 89.0 cm³/mol. The molecule has 4 heteroatoms. The van der Waals surface area contributed by atoms with E-state index in [1.165, 1.54) is 11.3 Å². The lowest BCUT2D eigenvalue weighted by atomic mass is 10.1. The molecule has 0 heterocycles. The summed E-state index contributed by atoms with van der Waals surface area (Å²) in [5, 5.41) is 12.7. The third-order valence-corrected chi connectivity index (χ3v) is 3.69. The molecule has 0 aliphatic heterocycles. The first-order valence-electron chi connectivity index (χ1n) is 6.74. The lowest BCUT2D eigenvalue weighted by Gasteiger charge is -2.18. The van der Waals surface area contributed by atoms with E-state index in [0.29, 0.717) is 10.6 Å². The fourth-order valence-corrected chi connectivity index (χ4v) is 2.31. The molecular formula is C17H18ClN3. The van der Waals surface area contributed by atoms with Gasteiger partial charge in [-0.05, 0) is 42.8 Å². The number of hydrogen-bond donors (Lipinski definition) is 1. The van der Waals surface area contributed by atoms with Gasteiger partial charge in [0.2, 0.25) is 0 Å². The average molecular weight is 300 g/mol. The molecule has 2 aromatic rings. The van der Waals surface area contributed by atoms with Gasteiger partial charge >= 0.3 is 0 Å². The molecule has 1 N–H and O–H groups in total. The van der Waals surface area contributed by atoms with Crippen molar-refractivity contribution in [2.75, 3.05) is 24.3 Å². The maximum atomic E-state index is 8.88. The molecule has 0 fully saturated rings. The van der Waals surface area contributed by atoms with Crippen LogP contribution < -0.4 is 10.2 Å². The Hall–Kier alpha value is -2.18. The molecule has 2 rings (SSSR count). The van der Waals surface area contributed by atoms with Gasteiger partial charge in [-0.1, -0.05) is 23.7 Å². The van der Waals surface area contributed by atoms with E-state index in [0.717, 1.165) is 5.69 Å². The number of rotatable bonds is 4. The number of anilines is 2. The van der Waals surface area contributed by atoms with Gasteiger partial charge in [-0.25, -0.2) is 0 Å². The normalized spacial score (nSPS) is 11.6. The standard InChI is InChI=1S/C17H18ClN3/c1-12(13-5-8-16(9-6-13)21(2)3)20-15-7-4-14(11-19)17(18)10-15/h4-10,12,20H,1-3H3. The molecule has 0 aliphatic carbocycles. The van der Waals surface area contributed by atoms with E-state index in [1.54, 1.807) is 12.1 Å². The van der Waals surface area contributed by atoms with E-state index in [4.69, 9.17) is 16.9 Å². The molecule has 0 bridgehead atoms. The minimum atomic E-state index is 0.158. The van der Waals surface area contributed by atoms with Gasteiger partial charge in [0.25, 0.3) is 0 Å². The van der Waals surface area contributed by atoms with Gasteiger partial charge < -0.3 is 10.2 Å². The summed E-state index contributed by atoms with van der Waals surface area (Å²) < 4.78 is 0. The number of halogens is 1. The quantitative estimate of drug-likeness (QED) is 0.906. The van der Waals surface area contributed by atoms with Crippen LogP contribution in [-0.2, 0) is 0 Å². The highest BCUT2D eigenvalue weighted by Crippen LogP contribution is 2.25. The zero-order chi connectivity index (χ0) is 15.4. The average Bonchev–Trinajstić information content (AvgIpc) is 2.47. The van der Waals surface area contributed by atoms with Crippen molar-refractivity contribution < 1.29 is 0 Å². The molecule has 21 heavy (non-hydrogen) atoms. The second kappa shape index (κ2) is 6.51. The molecule has 0 aromatic heterocycles. The Kier molecular flexibility index (Phi) is 4.72. The Bertz CT molecular complexity index is 657. The van der Waals surface area contributed by atoms with Crippen molar-refractivity contribution in [1.29, 1.82) is 5.26 Å². The highest BCUT2D eigenvalue weighted by Gasteiger charge is 2.07. The second-order valence-corrected chi connectivity index (χ2v) is 5.57. The Morgan fingerprint density at radius 1 is 1.14 bits per heavy atom. The SMILES string of the molecule is CC(Nc1ccc(C#N)c(Cl)c1)c1ccc(N(C)C)cc1. The summed E-state index contributed by atoms with van der Waals surface area (Å²) in [6.07, 6.45) is 0. The van der Waals surface area contributed by atoms with E-state index < -0.39 is 0 Å². The van der Waals surface area contributed by atoms with Crippen molar-refractivity contribution in [2.24, 2.45) is 0 Å². The fourth-order valence-electron chi connectivity index (χ4n) is 2.09. The molecule has 0 spiro atoms. The first-order chi connectivity index (χ1) is 10.0. The van der Waals surface area contributed by atoms with Gasteiger partial charge in [0.1, 0.15) is 6.07 Å². The van der Waals surface area contributed by atoms with E-state index in [-0.39, 0.29) is 6.04 Å². The van der Waals surface area contributed by atoms with Crippen LogP contribution in [-0.4, -0.2) is 14.1 Å². The lowest BCUT2D eigenvalue weighted by molar-refractivity contribution is 0.884. The van der Waals surface area contributed by atoms with Crippen LogP contribution in [0.15, 0.2) is 42.5 Å². The minimum absolute atomic E-state index is 0.158. The number of nitrogens with zero attached hydrogens (tertiary/aromatic N) is 2. The van der Waals surface area contributed by atoms with Crippen LogP contribution >= 0.6 is 11.6 Å². The first kappa shape index (κ1) is 15.2. The van der Waals surface area contributed by atoms with Crippen LogP contribution in [0.25, 0.3) is 0 Å². The number of nitrogens with one attached hydrogen (secondary N) is 1. The van der Waals surface area contributed by atoms with Crippen LogP contribution in [0.5, 0.6) is 0 Å². The smallest absolute Gasteiger partial charge is 0.101 e. The lowest BCUT2D eigenvalue weighted by Crippen LogP contribution is -2.10. The van der Waals surface area contributed by atoms with Crippen molar-refractivity contribution in [3.8, 4) is 6.07 Å². The molecule has 0 aliphatic rings. The minimum Gasteiger partial charge on any atom is -0.378 e. The van der Waals surface area contributed by atoms with Crippen LogP contribution in [0.3, 0.4) is 0 Å². The van der Waals surface area contributed by atoms with Crippen LogP contribution in [0.4, 0.5) is 11.4 Å². The maximum Gasteiger partial charge on any atom is 0.101 e. The fraction of sp³-hybridized carbons (Fsp3) is 0.235. The monoisotopic (exact) mass is 299 g/mol. The molecule has 0 amide bonds. The third-order valence-electron chi connectivity index (χ3n) is 3.38. The molecule has 108 valence electrons. The zero-order valence-corrected chi connectivity index (χ0v) is 13.1. The summed E-state index contributed by atoms with van der Waals surface area (Å²) in [6, 6.07) is 16.0. The van der Waals surface area contributed by atoms with Gasteiger partial charge in [-0.2, -0.15) is 5.26 Å². The molecule has 3 nitrogen and oxygen atoms in total. The second-order valence-electron chi connectivity index (χ2n) is 5.16. The van der Waals surface area contributed by atoms with Gasteiger partial charge in [0, 0.05) is 31.5 Å². The van der Waals surface area contributed by atoms with Crippen LogP contribution in [0.2, 0.25) is 5.02 Å². The number of nitriles is 1. The third kappa shape index (κ3) is 3.68.